The van der Waals surface area contributed by atoms with E-state index in [1.807, 2.05) is 19.1 Å². The Morgan fingerprint density at radius 1 is 1.53 bits per heavy atom. The van der Waals surface area contributed by atoms with Gasteiger partial charge in [0.2, 0.25) is 5.91 Å². The van der Waals surface area contributed by atoms with Crippen LogP contribution in [0.2, 0.25) is 0 Å². The molecule has 2 rings (SSSR count). The third kappa shape index (κ3) is 3.70. The van der Waals surface area contributed by atoms with Crippen molar-refractivity contribution in [2.24, 2.45) is 0 Å². The van der Waals surface area contributed by atoms with Gasteiger partial charge in [-0.25, -0.2) is 0 Å². The second-order valence-electron chi connectivity index (χ2n) is 5.02. The van der Waals surface area contributed by atoms with Crippen LogP contribution in [0.5, 0.6) is 0 Å². The summed E-state index contributed by atoms with van der Waals surface area (Å²) in [5, 5.41) is 6.37. The molecule has 19 heavy (non-hydrogen) atoms. The number of fused-ring (bicyclic) bond motifs is 1. The molecular formula is C15H22N2O2. The largest absolute Gasteiger partial charge is 0.381 e. The number of para-hydroxylation sites is 1. The third-order valence-corrected chi connectivity index (χ3v) is 3.24. The number of carbonyl (C=O) groups is 1. The molecule has 0 spiro atoms. The molecule has 2 N–H and O–H groups in total. The monoisotopic (exact) mass is 262 g/mol. The van der Waals surface area contributed by atoms with Crippen LogP contribution >= 0.6 is 0 Å². The van der Waals surface area contributed by atoms with Crippen LogP contribution < -0.4 is 10.6 Å². The number of ether oxygens (including phenoxy) is 1. The van der Waals surface area contributed by atoms with E-state index in [9.17, 15) is 4.79 Å². The summed E-state index contributed by atoms with van der Waals surface area (Å²) in [5.41, 5.74) is 3.18. The second-order valence-corrected chi connectivity index (χ2v) is 5.02. The predicted molar refractivity (Wildman–Crippen MR) is 77.6 cm³/mol. The minimum absolute atomic E-state index is 0.0955. The summed E-state index contributed by atoms with van der Waals surface area (Å²) >= 11 is 0. The van der Waals surface area contributed by atoms with Gasteiger partial charge in [-0.2, -0.15) is 0 Å². The molecule has 0 saturated heterocycles. The number of anilines is 2. The lowest BCUT2D eigenvalue weighted by atomic mass is 9.98. The highest BCUT2D eigenvalue weighted by atomic mass is 16.5. The highest BCUT2D eigenvalue weighted by Crippen LogP contribution is 2.31. The molecular weight excluding hydrogens is 240 g/mol. The zero-order chi connectivity index (χ0) is 13.7. The van der Waals surface area contributed by atoms with Crippen LogP contribution in [0.15, 0.2) is 18.2 Å². The first-order valence-corrected chi connectivity index (χ1v) is 6.96. The molecule has 104 valence electrons. The Morgan fingerprint density at radius 2 is 2.37 bits per heavy atom. The van der Waals surface area contributed by atoms with Crippen LogP contribution in [0.25, 0.3) is 0 Å². The van der Waals surface area contributed by atoms with Crippen LogP contribution in [-0.4, -0.2) is 25.2 Å². The van der Waals surface area contributed by atoms with Gasteiger partial charge in [-0.05, 0) is 37.8 Å². The molecule has 1 aliphatic heterocycles. The van der Waals surface area contributed by atoms with Gasteiger partial charge in [-0.3, -0.25) is 4.79 Å². The molecule has 1 aromatic carbocycles. The summed E-state index contributed by atoms with van der Waals surface area (Å²) < 4.78 is 5.25. The first-order chi connectivity index (χ1) is 9.20. The number of benzene rings is 1. The van der Waals surface area contributed by atoms with Crippen molar-refractivity contribution in [3.05, 3.63) is 23.8 Å². The highest BCUT2D eigenvalue weighted by Gasteiger charge is 2.17. The number of carbonyl (C=O) groups excluding carboxylic acids is 1. The fourth-order valence-corrected chi connectivity index (χ4v) is 2.27. The van der Waals surface area contributed by atoms with Gasteiger partial charge in [-0.1, -0.05) is 19.1 Å². The minimum Gasteiger partial charge on any atom is -0.381 e. The van der Waals surface area contributed by atoms with Crippen LogP contribution in [0.3, 0.4) is 0 Å². The first-order valence-electron chi connectivity index (χ1n) is 6.96. The van der Waals surface area contributed by atoms with Crippen LogP contribution in [-0.2, 0) is 16.0 Å². The lowest BCUT2D eigenvalue weighted by molar-refractivity contribution is -0.120. The zero-order valence-corrected chi connectivity index (χ0v) is 11.7. The van der Waals surface area contributed by atoms with Gasteiger partial charge in [0.15, 0.2) is 0 Å². The second kappa shape index (κ2) is 6.57. The molecule has 0 fully saturated rings. The van der Waals surface area contributed by atoms with Crippen molar-refractivity contribution in [3.63, 3.8) is 0 Å². The van der Waals surface area contributed by atoms with Gasteiger partial charge in [0.05, 0.1) is 11.4 Å². The van der Waals surface area contributed by atoms with Gasteiger partial charge >= 0.3 is 0 Å². The molecule has 4 nitrogen and oxygen atoms in total. The number of rotatable bonds is 5. The van der Waals surface area contributed by atoms with Gasteiger partial charge in [0.25, 0.3) is 0 Å². The van der Waals surface area contributed by atoms with E-state index in [4.69, 9.17) is 4.74 Å². The number of nitrogens with one attached hydrogen (secondary N) is 2. The number of hydrogen-bond acceptors (Lipinski definition) is 3. The summed E-state index contributed by atoms with van der Waals surface area (Å²) in [6.45, 7) is 4.92. The predicted octanol–water partition coefficient (Wildman–Crippen LogP) is 2.80. The van der Waals surface area contributed by atoms with Gasteiger partial charge in [-0.15, -0.1) is 0 Å². The van der Waals surface area contributed by atoms with Gasteiger partial charge in [0.1, 0.15) is 6.61 Å². The minimum atomic E-state index is -0.0955. The van der Waals surface area contributed by atoms with E-state index in [2.05, 4.69) is 23.6 Å². The van der Waals surface area contributed by atoms with Crippen molar-refractivity contribution in [1.82, 2.24) is 0 Å². The number of hydrogen-bond donors (Lipinski definition) is 2. The fourth-order valence-electron chi connectivity index (χ4n) is 2.27. The molecule has 0 radical (unpaired) electrons. The summed E-state index contributed by atoms with van der Waals surface area (Å²) in [5.74, 6) is -0.0955. The molecule has 4 heteroatoms. The van der Waals surface area contributed by atoms with E-state index >= 15 is 0 Å². The summed E-state index contributed by atoms with van der Waals surface area (Å²) in [4.78, 5) is 11.8. The van der Waals surface area contributed by atoms with Crippen molar-refractivity contribution in [2.45, 2.75) is 39.2 Å². The Balaban J connectivity index is 2.02. The maximum Gasteiger partial charge on any atom is 0.250 e. The number of amides is 1. The third-order valence-electron chi connectivity index (χ3n) is 3.24. The average molecular weight is 262 g/mol. The molecule has 1 amide bonds. The Kier molecular flexibility index (Phi) is 4.80. The highest BCUT2D eigenvalue weighted by molar-refractivity contribution is 5.95. The molecule has 1 atom stereocenters. The van der Waals surface area contributed by atoms with Crippen LogP contribution in [0.4, 0.5) is 11.4 Å². The van der Waals surface area contributed by atoms with E-state index in [0.29, 0.717) is 12.6 Å². The molecule has 1 heterocycles. The SMILES string of the molecule is CCCOCC(=O)Nc1cccc2c1NC(C)CC2. The van der Waals surface area contributed by atoms with Gasteiger partial charge in [0, 0.05) is 12.6 Å². The van der Waals surface area contributed by atoms with Crippen molar-refractivity contribution < 1.29 is 9.53 Å². The average Bonchev–Trinajstić information content (AvgIpc) is 2.40. The van der Waals surface area contributed by atoms with E-state index in [-0.39, 0.29) is 12.5 Å². The van der Waals surface area contributed by atoms with E-state index < -0.39 is 0 Å². The van der Waals surface area contributed by atoms with Crippen LogP contribution in [0, 0.1) is 0 Å². The normalized spacial score (nSPS) is 17.5. The Hall–Kier alpha value is -1.55. The maximum atomic E-state index is 11.8. The summed E-state index contributed by atoms with van der Waals surface area (Å²) in [6, 6.07) is 6.47. The molecule has 1 unspecified atom stereocenters. The summed E-state index contributed by atoms with van der Waals surface area (Å²) in [6.07, 6.45) is 3.11. The Morgan fingerprint density at radius 3 is 3.16 bits per heavy atom. The zero-order valence-electron chi connectivity index (χ0n) is 11.7. The molecule has 0 aromatic heterocycles. The maximum absolute atomic E-state index is 11.8. The van der Waals surface area contributed by atoms with E-state index in [0.717, 1.165) is 30.6 Å². The molecule has 0 aliphatic carbocycles. The quantitative estimate of drug-likeness (QED) is 0.802. The lowest BCUT2D eigenvalue weighted by Crippen LogP contribution is -2.25. The van der Waals surface area contributed by atoms with Crippen molar-refractivity contribution in [3.8, 4) is 0 Å². The molecule has 0 bridgehead atoms. The van der Waals surface area contributed by atoms with E-state index in [1.165, 1.54) is 5.56 Å². The topological polar surface area (TPSA) is 50.4 Å². The van der Waals surface area contributed by atoms with Crippen LogP contribution in [0.1, 0.15) is 32.3 Å². The standard InChI is InChI=1S/C15H22N2O2/c1-3-9-19-10-14(18)17-13-6-4-5-12-8-7-11(2)16-15(12)13/h4-6,11,16H,3,7-10H2,1-2H3,(H,17,18). The van der Waals surface area contributed by atoms with Crippen molar-refractivity contribution in [2.75, 3.05) is 23.8 Å². The molecule has 1 aromatic rings. The van der Waals surface area contributed by atoms with Crippen molar-refractivity contribution in [1.29, 1.82) is 0 Å². The number of aryl methyl sites for hydroxylation is 1. The molecule has 0 saturated carbocycles. The molecule has 1 aliphatic rings. The lowest BCUT2D eigenvalue weighted by Gasteiger charge is -2.26. The smallest absolute Gasteiger partial charge is 0.250 e. The Labute approximate surface area is 114 Å². The van der Waals surface area contributed by atoms with Gasteiger partial charge < -0.3 is 15.4 Å². The fraction of sp³-hybridized carbons (Fsp3) is 0.533. The summed E-state index contributed by atoms with van der Waals surface area (Å²) in [7, 11) is 0. The first kappa shape index (κ1) is 13.9. The van der Waals surface area contributed by atoms with Crippen molar-refractivity contribution >= 4 is 17.3 Å². The van der Waals surface area contributed by atoms with E-state index in [1.54, 1.807) is 0 Å². The Bertz CT molecular complexity index is 446.